The van der Waals surface area contributed by atoms with Crippen LogP contribution in [0.25, 0.3) is 0 Å². The molecule has 0 radical (unpaired) electrons. The first kappa shape index (κ1) is 20.5. The van der Waals surface area contributed by atoms with Gasteiger partial charge in [-0.25, -0.2) is 4.28 Å². The Balaban J connectivity index is 2.93. The molecule has 1 aliphatic heterocycles. The van der Waals surface area contributed by atoms with Crippen molar-refractivity contribution in [3.05, 3.63) is 0 Å². The highest BCUT2D eigenvalue weighted by atomic mass is 32.3. The zero-order valence-electron chi connectivity index (χ0n) is 12.0. The second kappa shape index (κ2) is 8.55. The quantitative estimate of drug-likeness (QED) is 0.122. The molecular formula is C10H19NO10S2. The molecule has 0 bridgehead atoms. The van der Waals surface area contributed by atoms with Crippen LogP contribution in [0, 0.1) is 5.92 Å². The largest absolute Gasteiger partial charge is 0.466 e. The molecular weight excluding hydrogens is 358 g/mol. The van der Waals surface area contributed by atoms with Gasteiger partial charge in [-0.15, -0.1) is 0 Å². The topological polar surface area (TPSA) is 186 Å². The average Bonchev–Trinajstić information content (AvgIpc) is 2.49. The predicted octanol–water partition coefficient (Wildman–Crippen LogP) is -2.72. The monoisotopic (exact) mass is 377 g/mol. The fourth-order valence-electron chi connectivity index (χ4n) is 1.67. The molecule has 6 atom stereocenters. The maximum Gasteiger partial charge on any atom is 0.466 e. The van der Waals surface area contributed by atoms with E-state index in [0.717, 1.165) is 0 Å². The first-order chi connectivity index (χ1) is 10.6. The highest BCUT2D eigenvalue weighted by Gasteiger charge is 2.44. The van der Waals surface area contributed by atoms with Crippen LogP contribution in [0.5, 0.6) is 0 Å². The number of ether oxygens (including phenoxy) is 1. The molecule has 136 valence electrons. The van der Waals surface area contributed by atoms with E-state index in [-0.39, 0.29) is 5.04 Å². The number of oxime groups is 1. The molecule has 0 aliphatic carbocycles. The van der Waals surface area contributed by atoms with E-state index in [1.54, 1.807) is 0 Å². The van der Waals surface area contributed by atoms with Gasteiger partial charge in [-0.05, 0) is 0 Å². The Kier molecular flexibility index (Phi) is 7.63. The molecule has 11 nitrogen and oxygen atoms in total. The standard InChI is InChI=1S/C10H19NO10S2/c1-4(2-12)9(11-21-23(17,18)19)22-10-8(16)7(15)6(14)5(3-13)20-10/h4-8,10,12-16H,2-3H2,1H3,(H,17,18,19)/b11-9+/t4?,5-,6-,7+,8-,10+/m1/s1. The molecule has 0 aromatic heterocycles. The van der Waals surface area contributed by atoms with Crippen molar-refractivity contribution in [3.63, 3.8) is 0 Å². The van der Waals surface area contributed by atoms with Gasteiger partial charge in [0, 0.05) is 5.92 Å². The van der Waals surface area contributed by atoms with Crippen molar-refractivity contribution >= 4 is 27.2 Å². The molecule has 13 heteroatoms. The van der Waals surface area contributed by atoms with Crippen molar-refractivity contribution in [2.45, 2.75) is 36.8 Å². The summed E-state index contributed by atoms with van der Waals surface area (Å²) in [5.74, 6) is -0.742. The van der Waals surface area contributed by atoms with Gasteiger partial charge < -0.3 is 30.3 Å². The molecule has 1 saturated heterocycles. The van der Waals surface area contributed by atoms with Crippen molar-refractivity contribution in [3.8, 4) is 0 Å². The molecule has 0 amide bonds. The second-order valence-corrected chi connectivity index (χ2v) is 6.95. The molecule has 1 aliphatic rings. The predicted molar refractivity (Wildman–Crippen MR) is 77.7 cm³/mol. The Hall–Kier alpha value is -0.510. The Morgan fingerprint density at radius 2 is 1.87 bits per heavy atom. The zero-order chi connectivity index (χ0) is 17.8. The van der Waals surface area contributed by atoms with Crippen LogP contribution in [0.1, 0.15) is 6.92 Å². The number of aliphatic hydroxyl groups is 5. The number of aliphatic hydroxyl groups excluding tert-OH is 5. The van der Waals surface area contributed by atoms with E-state index in [4.69, 9.17) is 19.5 Å². The molecule has 0 saturated carbocycles. The lowest BCUT2D eigenvalue weighted by molar-refractivity contribution is -0.205. The Labute approximate surface area is 136 Å². The molecule has 1 unspecified atom stereocenters. The number of nitrogens with zero attached hydrogens (tertiary/aromatic N) is 1. The van der Waals surface area contributed by atoms with E-state index in [2.05, 4.69) is 9.44 Å². The van der Waals surface area contributed by atoms with Crippen LogP contribution in [0.4, 0.5) is 0 Å². The fraction of sp³-hybridized carbons (Fsp3) is 0.900. The van der Waals surface area contributed by atoms with Crippen molar-refractivity contribution in [1.82, 2.24) is 0 Å². The fourth-order valence-corrected chi connectivity index (χ4v) is 3.02. The number of hydrogen-bond donors (Lipinski definition) is 6. The molecule has 23 heavy (non-hydrogen) atoms. The van der Waals surface area contributed by atoms with Crippen LogP contribution in [0.15, 0.2) is 5.16 Å². The summed E-state index contributed by atoms with van der Waals surface area (Å²) >= 11 is 0.607. The summed E-state index contributed by atoms with van der Waals surface area (Å²) in [5.41, 5.74) is -1.23. The van der Waals surface area contributed by atoms with Crippen LogP contribution >= 0.6 is 11.8 Å². The summed E-state index contributed by atoms with van der Waals surface area (Å²) in [6, 6.07) is 0. The van der Waals surface area contributed by atoms with Gasteiger partial charge in [0.1, 0.15) is 34.9 Å². The summed E-state index contributed by atoms with van der Waals surface area (Å²) in [5, 5.41) is 50.5. The van der Waals surface area contributed by atoms with Gasteiger partial charge >= 0.3 is 10.4 Å². The third-order valence-corrected chi connectivity index (χ3v) is 4.61. The van der Waals surface area contributed by atoms with Gasteiger partial charge in [-0.3, -0.25) is 4.55 Å². The maximum absolute atomic E-state index is 10.6. The van der Waals surface area contributed by atoms with E-state index < -0.39 is 59.4 Å². The van der Waals surface area contributed by atoms with Gasteiger partial charge in [0.2, 0.25) is 0 Å². The van der Waals surface area contributed by atoms with Gasteiger partial charge in [-0.1, -0.05) is 23.8 Å². The lowest BCUT2D eigenvalue weighted by Crippen LogP contribution is -2.57. The second-order valence-electron chi connectivity index (χ2n) is 4.83. The smallest absolute Gasteiger partial charge is 0.396 e. The summed E-state index contributed by atoms with van der Waals surface area (Å²) in [4.78, 5) is 0. The molecule has 6 N–H and O–H groups in total. The van der Waals surface area contributed by atoms with Crippen LogP contribution in [0.3, 0.4) is 0 Å². The van der Waals surface area contributed by atoms with E-state index >= 15 is 0 Å². The first-order valence-electron chi connectivity index (χ1n) is 6.42. The number of rotatable bonds is 6. The summed E-state index contributed by atoms with van der Waals surface area (Å²) < 4.78 is 38.7. The Morgan fingerprint density at radius 1 is 1.26 bits per heavy atom. The van der Waals surface area contributed by atoms with Crippen molar-refractivity contribution in [1.29, 1.82) is 0 Å². The molecule has 0 spiro atoms. The lowest BCUT2D eigenvalue weighted by atomic mass is 10.0. The van der Waals surface area contributed by atoms with Crippen molar-refractivity contribution in [2.75, 3.05) is 13.2 Å². The Bertz CT molecular complexity index is 510. The van der Waals surface area contributed by atoms with Gasteiger partial charge in [0.25, 0.3) is 0 Å². The first-order valence-corrected chi connectivity index (χ1v) is 8.67. The van der Waals surface area contributed by atoms with Crippen LogP contribution in [0.2, 0.25) is 0 Å². The van der Waals surface area contributed by atoms with Crippen molar-refractivity contribution < 1.29 is 47.5 Å². The van der Waals surface area contributed by atoms with Crippen LogP contribution < -0.4 is 0 Å². The van der Waals surface area contributed by atoms with E-state index in [1.807, 2.05) is 0 Å². The summed E-state index contributed by atoms with van der Waals surface area (Å²) in [6.45, 7) is 0.354. The lowest BCUT2D eigenvalue weighted by Gasteiger charge is -2.39. The summed E-state index contributed by atoms with van der Waals surface area (Å²) in [6.07, 6.45) is -5.90. The van der Waals surface area contributed by atoms with E-state index in [0.29, 0.717) is 11.8 Å². The van der Waals surface area contributed by atoms with Gasteiger partial charge in [0.15, 0.2) is 0 Å². The number of hydrogen-bond acceptors (Lipinski definition) is 11. The molecule has 0 aromatic carbocycles. The molecule has 0 aromatic rings. The molecule has 1 fully saturated rings. The molecule has 1 heterocycles. The SMILES string of the molecule is CC(CO)/C(=N\OS(=O)(=O)O)S[C@@H]1O[C@H](CO)[C@@H](O)[C@H](O)[C@H]1O. The normalized spacial score (nSPS) is 34.2. The van der Waals surface area contributed by atoms with E-state index in [9.17, 15) is 23.7 Å². The minimum atomic E-state index is -4.87. The van der Waals surface area contributed by atoms with Crippen LogP contribution in [-0.4, -0.2) is 86.6 Å². The van der Waals surface area contributed by atoms with Gasteiger partial charge in [0.05, 0.1) is 13.2 Å². The van der Waals surface area contributed by atoms with Gasteiger partial charge in [-0.2, -0.15) is 8.42 Å². The highest BCUT2D eigenvalue weighted by molar-refractivity contribution is 8.14. The third kappa shape index (κ3) is 5.81. The van der Waals surface area contributed by atoms with E-state index in [1.165, 1.54) is 6.92 Å². The minimum Gasteiger partial charge on any atom is -0.396 e. The third-order valence-electron chi connectivity index (χ3n) is 3.00. The van der Waals surface area contributed by atoms with Crippen LogP contribution in [-0.2, 0) is 19.4 Å². The Morgan fingerprint density at radius 3 is 2.35 bits per heavy atom. The molecule has 1 rings (SSSR count). The summed E-state index contributed by atoms with van der Waals surface area (Å²) in [7, 11) is -4.87. The highest BCUT2D eigenvalue weighted by Crippen LogP contribution is 2.31. The van der Waals surface area contributed by atoms with Crippen molar-refractivity contribution in [2.24, 2.45) is 11.1 Å². The maximum atomic E-state index is 10.6. The number of thioether (sulfide) groups is 1. The zero-order valence-corrected chi connectivity index (χ0v) is 13.6. The average molecular weight is 377 g/mol. The minimum absolute atomic E-state index is 0.158.